The van der Waals surface area contributed by atoms with Gasteiger partial charge in [0.2, 0.25) is 0 Å². The SMILES string of the molecule is CCN=C1NC(=O)C2(CCOC2C)N1. The molecule has 0 saturated carbocycles. The maximum absolute atomic E-state index is 11.8. The van der Waals surface area contributed by atoms with Gasteiger partial charge in [0.15, 0.2) is 5.96 Å². The first-order valence-electron chi connectivity index (χ1n) is 4.95. The van der Waals surface area contributed by atoms with Crippen LogP contribution in [-0.2, 0) is 9.53 Å². The second-order valence-electron chi connectivity index (χ2n) is 3.64. The second-order valence-corrected chi connectivity index (χ2v) is 3.64. The third-order valence-corrected chi connectivity index (χ3v) is 2.85. The van der Waals surface area contributed by atoms with E-state index in [1.54, 1.807) is 0 Å². The number of hydrogen-bond donors (Lipinski definition) is 2. The van der Waals surface area contributed by atoms with Gasteiger partial charge in [-0.25, -0.2) is 0 Å². The summed E-state index contributed by atoms with van der Waals surface area (Å²) in [7, 11) is 0. The minimum absolute atomic E-state index is 0.0188. The largest absolute Gasteiger partial charge is 0.375 e. The summed E-state index contributed by atoms with van der Waals surface area (Å²) in [5, 5.41) is 5.87. The first-order chi connectivity index (χ1) is 6.69. The molecule has 0 aromatic carbocycles. The van der Waals surface area contributed by atoms with Crippen LogP contribution in [0.3, 0.4) is 0 Å². The van der Waals surface area contributed by atoms with E-state index in [0.717, 1.165) is 0 Å². The van der Waals surface area contributed by atoms with E-state index in [1.165, 1.54) is 0 Å². The summed E-state index contributed by atoms with van der Waals surface area (Å²) < 4.78 is 5.41. The van der Waals surface area contributed by atoms with Gasteiger partial charge in [0.1, 0.15) is 5.54 Å². The number of guanidine groups is 1. The number of ether oxygens (including phenoxy) is 1. The zero-order chi connectivity index (χ0) is 10.2. The summed E-state index contributed by atoms with van der Waals surface area (Å²) in [5.74, 6) is 0.560. The summed E-state index contributed by atoms with van der Waals surface area (Å²) in [4.78, 5) is 15.9. The maximum Gasteiger partial charge on any atom is 0.255 e. The zero-order valence-corrected chi connectivity index (χ0v) is 8.46. The first-order valence-corrected chi connectivity index (χ1v) is 4.95. The van der Waals surface area contributed by atoms with E-state index in [1.807, 2.05) is 13.8 Å². The Labute approximate surface area is 82.9 Å². The fraction of sp³-hybridized carbons (Fsp3) is 0.778. The van der Waals surface area contributed by atoms with Crippen LogP contribution in [0.5, 0.6) is 0 Å². The van der Waals surface area contributed by atoms with Crippen LogP contribution >= 0.6 is 0 Å². The van der Waals surface area contributed by atoms with E-state index in [-0.39, 0.29) is 12.0 Å². The van der Waals surface area contributed by atoms with Gasteiger partial charge in [0.05, 0.1) is 6.10 Å². The van der Waals surface area contributed by atoms with Gasteiger partial charge in [-0.15, -0.1) is 0 Å². The lowest BCUT2D eigenvalue weighted by Crippen LogP contribution is -2.52. The number of rotatable bonds is 1. The lowest BCUT2D eigenvalue weighted by Gasteiger charge is -2.23. The van der Waals surface area contributed by atoms with E-state index in [2.05, 4.69) is 15.6 Å². The lowest BCUT2D eigenvalue weighted by atomic mass is 9.93. The predicted octanol–water partition coefficient (Wildman–Crippen LogP) is -0.371. The van der Waals surface area contributed by atoms with Crippen molar-refractivity contribution < 1.29 is 9.53 Å². The summed E-state index contributed by atoms with van der Waals surface area (Å²) in [6.07, 6.45) is 0.620. The minimum atomic E-state index is -0.575. The molecule has 14 heavy (non-hydrogen) atoms. The Bertz CT molecular complexity index is 290. The molecule has 78 valence electrons. The topological polar surface area (TPSA) is 62.7 Å². The van der Waals surface area contributed by atoms with Crippen molar-refractivity contribution in [2.24, 2.45) is 4.99 Å². The number of carbonyl (C=O) groups is 1. The van der Waals surface area contributed by atoms with Gasteiger partial charge >= 0.3 is 0 Å². The molecule has 0 aliphatic carbocycles. The van der Waals surface area contributed by atoms with Crippen molar-refractivity contribution in [3.8, 4) is 0 Å². The number of aliphatic imine (C=N–C) groups is 1. The first kappa shape index (κ1) is 9.45. The second kappa shape index (κ2) is 3.24. The fourth-order valence-electron chi connectivity index (χ4n) is 1.96. The van der Waals surface area contributed by atoms with Gasteiger partial charge < -0.3 is 10.1 Å². The molecule has 0 aromatic heterocycles. The van der Waals surface area contributed by atoms with E-state index < -0.39 is 5.54 Å². The van der Waals surface area contributed by atoms with Gasteiger partial charge in [0, 0.05) is 19.6 Å². The van der Waals surface area contributed by atoms with E-state index in [0.29, 0.717) is 25.5 Å². The van der Waals surface area contributed by atoms with Crippen molar-refractivity contribution in [1.29, 1.82) is 0 Å². The quantitative estimate of drug-likeness (QED) is 0.603. The molecule has 2 fully saturated rings. The molecule has 0 bridgehead atoms. The van der Waals surface area contributed by atoms with Crippen molar-refractivity contribution in [1.82, 2.24) is 10.6 Å². The molecule has 1 spiro atoms. The summed E-state index contributed by atoms with van der Waals surface area (Å²) in [6.45, 7) is 5.13. The molecule has 2 rings (SSSR count). The molecule has 2 saturated heterocycles. The third-order valence-electron chi connectivity index (χ3n) is 2.85. The van der Waals surface area contributed by atoms with Gasteiger partial charge in [-0.05, 0) is 13.8 Å². The van der Waals surface area contributed by atoms with Crippen molar-refractivity contribution in [2.45, 2.75) is 31.9 Å². The summed E-state index contributed by atoms with van der Waals surface area (Å²) in [6, 6.07) is 0. The van der Waals surface area contributed by atoms with Crippen molar-refractivity contribution in [2.75, 3.05) is 13.2 Å². The van der Waals surface area contributed by atoms with Gasteiger partial charge in [-0.3, -0.25) is 15.1 Å². The Balaban J connectivity index is 2.22. The van der Waals surface area contributed by atoms with Crippen LogP contribution < -0.4 is 10.6 Å². The monoisotopic (exact) mass is 197 g/mol. The van der Waals surface area contributed by atoms with Crippen LogP contribution in [0.25, 0.3) is 0 Å². The lowest BCUT2D eigenvalue weighted by molar-refractivity contribution is -0.125. The van der Waals surface area contributed by atoms with Crippen LogP contribution in [0.1, 0.15) is 20.3 Å². The minimum Gasteiger partial charge on any atom is -0.375 e. The van der Waals surface area contributed by atoms with Gasteiger partial charge in [0.25, 0.3) is 5.91 Å². The molecule has 2 heterocycles. The third kappa shape index (κ3) is 1.19. The summed E-state index contributed by atoms with van der Waals surface area (Å²) in [5.41, 5.74) is -0.575. The fourth-order valence-corrected chi connectivity index (χ4v) is 1.96. The maximum atomic E-state index is 11.8. The van der Waals surface area contributed by atoms with E-state index >= 15 is 0 Å². The average molecular weight is 197 g/mol. The number of nitrogens with one attached hydrogen (secondary N) is 2. The van der Waals surface area contributed by atoms with Crippen LogP contribution in [-0.4, -0.2) is 36.7 Å². The summed E-state index contributed by atoms with van der Waals surface area (Å²) >= 11 is 0. The Morgan fingerprint density at radius 1 is 1.71 bits per heavy atom. The highest BCUT2D eigenvalue weighted by Crippen LogP contribution is 2.28. The van der Waals surface area contributed by atoms with E-state index in [4.69, 9.17) is 4.74 Å². The number of nitrogens with zero attached hydrogens (tertiary/aromatic N) is 1. The van der Waals surface area contributed by atoms with Crippen LogP contribution in [0.15, 0.2) is 4.99 Å². The highest BCUT2D eigenvalue weighted by Gasteiger charge is 2.52. The molecular weight excluding hydrogens is 182 g/mol. The van der Waals surface area contributed by atoms with Crippen LogP contribution in [0.2, 0.25) is 0 Å². The highest BCUT2D eigenvalue weighted by atomic mass is 16.5. The highest BCUT2D eigenvalue weighted by molar-refractivity contribution is 6.09. The molecule has 2 unspecified atom stereocenters. The normalized spacial score (nSPS) is 39.1. The van der Waals surface area contributed by atoms with Crippen LogP contribution in [0, 0.1) is 0 Å². The smallest absolute Gasteiger partial charge is 0.255 e. The standard InChI is InChI=1S/C9H15N3O2/c1-3-10-8-11-7(13)9(12-8)4-5-14-6(9)2/h6H,3-5H2,1-2H3,(H2,10,11,12,13). The van der Waals surface area contributed by atoms with Crippen LogP contribution in [0.4, 0.5) is 0 Å². The molecule has 0 radical (unpaired) electrons. The molecule has 0 aromatic rings. The zero-order valence-electron chi connectivity index (χ0n) is 8.46. The molecule has 2 N–H and O–H groups in total. The Morgan fingerprint density at radius 3 is 3.07 bits per heavy atom. The van der Waals surface area contributed by atoms with Gasteiger partial charge in [-0.2, -0.15) is 0 Å². The molecule has 5 heteroatoms. The molecule has 2 aliphatic rings. The van der Waals surface area contributed by atoms with Crippen molar-refractivity contribution >= 4 is 11.9 Å². The molecule has 1 amide bonds. The molecule has 2 aliphatic heterocycles. The molecular formula is C9H15N3O2. The Morgan fingerprint density at radius 2 is 2.50 bits per heavy atom. The Kier molecular flexibility index (Phi) is 2.19. The number of amides is 1. The Hall–Kier alpha value is -1.10. The average Bonchev–Trinajstić information content (AvgIpc) is 2.62. The molecule has 2 atom stereocenters. The predicted molar refractivity (Wildman–Crippen MR) is 52.0 cm³/mol. The number of carbonyl (C=O) groups excluding carboxylic acids is 1. The van der Waals surface area contributed by atoms with Crippen molar-refractivity contribution in [3.05, 3.63) is 0 Å². The van der Waals surface area contributed by atoms with Crippen molar-refractivity contribution in [3.63, 3.8) is 0 Å². The van der Waals surface area contributed by atoms with E-state index in [9.17, 15) is 4.79 Å². The number of hydrogen-bond acceptors (Lipinski definition) is 3. The van der Waals surface area contributed by atoms with Gasteiger partial charge in [-0.1, -0.05) is 0 Å². The molecule has 5 nitrogen and oxygen atoms in total.